The fourth-order valence-corrected chi connectivity index (χ4v) is 5.22. The van der Waals surface area contributed by atoms with Gasteiger partial charge in [-0.1, -0.05) is 5.16 Å². The fraction of sp³-hybridized carbons (Fsp3) is 0.600. The van der Waals surface area contributed by atoms with Crippen molar-refractivity contribution in [2.45, 2.75) is 45.3 Å². The van der Waals surface area contributed by atoms with Crippen molar-refractivity contribution in [3.63, 3.8) is 0 Å². The van der Waals surface area contributed by atoms with Crippen molar-refractivity contribution in [2.24, 2.45) is 11.8 Å². The summed E-state index contributed by atoms with van der Waals surface area (Å²) in [6.07, 6.45) is 4.15. The topological polar surface area (TPSA) is 93.4 Å². The zero-order valence-electron chi connectivity index (χ0n) is 16.4. The second kappa shape index (κ2) is 6.27. The lowest BCUT2D eigenvalue weighted by atomic mass is 9.73. The summed E-state index contributed by atoms with van der Waals surface area (Å²) in [6.45, 7) is 8.08. The number of fused-ring (bicyclic) bond motifs is 1. The molecule has 1 N–H and O–H groups in total. The highest BCUT2D eigenvalue weighted by atomic mass is 16.5. The van der Waals surface area contributed by atoms with Crippen LogP contribution in [0.5, 0.6) is 0 Å². The Morgan fingerprint density at radius 2 is 2.25 bits per heavy atom. The molecule has 8 heteroatoms. The summed E-state index contributed by atoms with van der Waals surface area (Å²) in [4.78, 5) is 23.9. The average molecular weight is 383 g/mol. The number of carbonyl (C=O) groups is 1. The molecular formula is C20H25N5O3. The van der Waals surface area contributed by atoms with Crippen molar-refractivity contribution in [1.82, 2.24) is 20.4 Å². The van der Waals surface area contributed by atoms with E-state index in [0.29, 0.717) is 29.8 Å². The smallest absolute Gasteiger partial charge is 0.273 e. The van der Waals surface area contributed by atoms with Gasteiger partial charge >= 0.3 is 0 Å². The van der Waals surface area contributed by atoms with Crippen molar-refractivity contribution in [3.05, 3.63) is 35.1 Å². The summed E-state index contributed by atoms with van der Waals surface area (Å²) in [5.74, 6) is 2.08. The summed E-state index contributed by atoms with van der Waals surface area (Å²) in [5, 5.41) is 6.84. The fourth-order valence-electron chi connectivity index (χ4n) is 5.22. The molecular weight excluding hydrogens is 358 g/mol. The molecule has 3 aliphatic rings. The molecule has 5 heterocycles. The van der Waals surface area contributed by atoms with Crippen molar-refractivity contribution >= 4 is 11.7 Å². The van der Waals surface area contributed by atoms with E-state index in [1.807, 2.05) is 13.8 Å². The number of aryl methyl sites for hydroxylation is 3. The minimum Gasteiger partial charge on any atom is -0.369 e. The van der Waals surface area contributed by atoms with Crippen LogP contribution in [0.4, 0.5) is 5.82 Å². The third-order valence-electron chi connectivity index (χ3n) is 6.49. The molecule has 4 atom stereocenters. The van der Waals surface area contributed by atoms with Crippen molar-refractivity contribution in [2.75, 3.05) is 24.5 Å². The highest BCUT2D eigenvalue weighted by Crippen LogP contribution is 2.55. The van der Waals surface area contributed by atoms with Crippen LogP contribution in [0.1, 0.15) is 40.5 Å². The Kier molecular flexibility index (Phi) is 3.94. The van der Waals surface area contributed by atoms with E-state index in [2.05, 4.69) is 20.4 Å². The highest BCUT2D eigenvalue weighted by molar-refractivity contribution is 5.92. The van der Waals surface area contributed by atoms with Gasteiger partial charge in [0.05, 0.1) is 23.1 Å². The molecule has 3 aliphatic heterocycles. The van der Waals surface area contributed by atoms with Gasteiger partial charge in [-0.15, -0.1) is 0 Å². The lowest BCUT2D eigenvalue weighted by Gasteiger charge is -2.29. The first-order valence-corrected chi connectivity index (χ1v) is 9.90. The number of nitrogens with zero attached hydrogens (tertiary/aromatic N) is 4. The van der Waals surface area contributed by atoms with Gasteiger partial charge in [0, 0.05) is 43.7 Å². The van der Waals surface area contributed by atoms with Gasteiger partial charge < -0.3 is 19.5 Å². The molecule has 148 valence electrons. The minimum absolute atomic E-state index is 0.123. The van der Waals surface area contributed by atoms with E-state index in [1.165, 1.54) is 0 Å². The van der Waals surface area contributed by atoms with Crippen LogP contribution in [-0.4, -0.2) is 52.4 Å². The first-order valence-electron chi connectivity index (χ1n) is 9.90. The van der Waals surface area contributed by atoms with Gasteiger partial charge in [0.15, 0.2) is 5.69 Å². The van der Waals surface area contributed by atoms with Crippen LogP contribution in [-0.2, 0) is 4.74 Å². The lowest BCUT2D eigenvalue weighted by Crippen LogP contribution is -2.42. The molecule has 2 aromatic rings. The molecule has 0 unspecified atom stereocenters. The van der Waals surface area contributed by atoms with E-state index in [0.717, 1.165) is 43.1 Å². The first kappa shape index (κ1) is 17.6. The maximum Gasteiger partial charge on any atom is 0.273 e. The van der Waals surface area contributed by atoms with Crippen molar-refractivity contribution < 1.29 is 14.1 Å². The number of hydrogen-bond donors (Lipinski definition) is 1. The molecule has 1 spiro atoms. The Hall–Kier alpha value is -2.48. The summed E-state index contributed by atoms with van der Waals surface area (Å²) in [7, 11) is 0. The summed E-state index contributed by atoms with van der Waals surface area (Å²) in [5.41, 5.74) is 2.08. The van der Waals surface area contributed by atoms with Crippen LogP contribution in [0, 0.1) is 32.6 Å². The molecule has 3 saturated heterocycles. The standard InChI is InChI=1S/C20H25N5O3/c1-11-7-21-13(3)18(23-11)25-9-15-14(17-4-5-20(15,10-25)27-17)8-22-19(26)16-6-12(2)28-24-16/h6-7,14-15,17H,4-5,8-10H2,1-3H3,(H,22,26)/t14-,15+,17+,20+/m0/s1. The number of ether oxygens (including phenoxy) is 1. The number of carbonyl (C=O) groups excluding carboxylic acids is 1. The predicted molar refractivity (Wildman–Crippen MR) is 101 cm³/mol. The molecule has 0 aliphatic carbocycles. The average Bonchev–Trinajstić information content (AvgIpc) is 3.41. The van der Waals surface area contributed by atoms with E-state index in [1.54, 1.807) is 19.2 Å². The maximum atomic E-state index is 12.4. The Morgan fingerprint density at radius 1 is 1.39 bits per heavy atom. The highest BCUT2D eigenvalue weighted by Gasteiger charge is 2.63. The molecule has 0 saturated carbocycles. The molecule has 0 aromatic carbocycles. The minimum atomic E-state index is -0.191. The number of aromatic nitrogens is 3. The van der Waals surface area contributed by atoms with Crippen LogP contribution >= 0.6 is 0 Å². The van der Waals surface area contributed by atoms with E-state index in [-0.39, 0.29) is 17.6 Å². The van der Waals surface area contributed by atoms with E-state index >= 15 is 0 Å². The Bertz CT molecular complexity index is 928. The number of hydrogen-bond acceptors (Lipinski definition) is 7. The summed E-state index contributed by atoms with van der Waals surface area (Å²) in [6, 6.07) is 1.66. The number of rotatable bonds is 4. The Labute approximate surface area is 163 Å². The second-order valence-electron chi connectivity index (χ2n) is 8.36. The second-order valence-corrected chi connectivity index (χ2v) is 8.36. The number of amides is 1. The number of anilines is 1. The van der Waals surface area contributed by atoms with Gasteiger partial charge in [0.2, 0.25) is 0 Å². The Morgan fingerprint density at radius 3 is 3.04 bits per heavy atom. The van der Waals surface area contributed by atoms with E-state index < -0.39 is 0 Å². The maximum absolute atomic E-state index is 12.4. The molecule has 28 heavy (non-hydrogen) atoms. The third kappa shape index (κ3) is 2.70. The predicted octanol–water partition coefficient (Wildman–Crippen LogP) is 1.80. The van der Waals surface area contributed by atoms with Crippen molar-refractivity contribution in [1.29, 1.82) is 0 Å². The third-order valence-corrected chi connectivity index (χ3v) is 6.49. The quantitative estimate of drug-likeness (QED) is 0.860. The normalized spacial score (nSPS) is 30.7. The number of nitrogens with one attached hydrogen (secondary N) is 1. The Balaban J connectivity index is 1.32. The van der Waals surface area contributed by atoms with Gasteiger partial charge in [0.1, 0.15) is 11.6 Å². The van der Waals surface area contributed by atoms with Gasteiger partial charge in [-0.2, -0.15) is 0 Å². The van der Waals surface area contributed by atoms with Crippen LogP contribution in [0.25, 0.3) is 0 Å². The van der Waals surface area contributed by atoms with Crippen LogP contribution in [0.2, 0.25) is 0 Å². The van der Waals surface area contributed by atoms with E-state index in [4.69, 9.17) is 14.2 Å². The molecule has 5 rings (SSSR count). The summed E-state index contributed by atoms with van der Waals surface area (Å²) < 4.78 is 11.5. The van der Waals surface area contributed by atoms with Gasteiger partial charge in [-0.05, 0) is 33.6 Å². The van der Waals surface area contributed by atoms with Crippen LogP contribution in [0.3, 0.4) is 0 Å². The molecule has 1 amide bonds. The first-order chi connectivity index (χ1) is 13.4. The van der Waals surface area contributed by atoms with Crippen molar-refractivity contribution in [3.8, 4) is 0 Å². The molecule has 2 aromatic heterocycles. The van der Waals surface area contributed by atoms with E-state index in [9.17, 15) is 4.79 Å². The summed E-state index contributed by atoms with van der Waals surface area (Å²) >= 11 is 0. The zero-order chi connectivity index (χ0) is 19.5. The zero-order valence-corrected chi connectivity index (χ0v) is 16.4. The molecule has 3 fully saturated rings. The van der Waals surface area contributed by atoms with Crippen LogP contribution in [0.15, 0.2) is 16.8 Å². The van der Waals surface area contributed by atoms with Crippen LogP contribution < -0.4 is 10.2 Å². The largest absolute Gasteiger partial charge is 0.369 e. The SMILES string of the molecule is Cc1cnc(C)c(N2C[C@@H]3[C@H](CNC(=O)c4cc(C)on4)[C@H]4CC[C@]3(C2)O4)n1. The van der Waals surface area contributed by atoms with Gasteiger partial charge in [-0.3, -0.25) is 9.78 Å². The van der Waals surface area contributed by atoms with Gasteiger partial charge in [0.25, 0.3) is 5.91 Å². The monoisotopic (exact) mass is 383 g/mol. The van der Waals surface area contributed by atoms with Gasteiger partial charge in [-0.25, -0.2) is 4.98 Å². The molecule has 8 nitrogen and oxygen atoms in total. The lowest BCUT2D eigenvalue weighted by molar-refractivity contribution is 0.0141. The molecule has 2 bridgehead atoms. The molecule has 0 radical (unpaired) electrons.